The van der Waals surface area contributed by atoms with Crippen molar-refractivity contribution in [2.24, 2.45) is 0 Å². The maximum absolute atomic E-state index is 14.8. The summed E-state index contributed by atoms with van der Waals surface area (Å²) in [7, 11) is 0. The third-order valence-electron chi connectivity index (χ3n) is 21.5. The van der Waals surface area contributed by atoms with E-state index in [1.54, 1.807) is 72.8 Å². The number of fused-ring (bicyclic) bond motifs is 3. The Balaban J connectivity index is 0.774. The molecule has 0 amide bonds. The van der Waals surface area contributed by atoms with Crippen molar-refractivity contribution < 1.29 is 99.6 Å². The molecule has 3 fully saturated rings. The largest absolute Gasteiger partial charge is 0.462 e. The van der Waals surface area contributed by atoms with Crippen LogP contribution in [0.5, 0.6) is 17.2 Å². The summed E-state index contributed by atoms with van der Waals surface area (Å²) in [5, 5.41) is 0. The summed E-state index contributed by atoms with van der Waals surface area (Å²) in [6.07, 6.45) is -15.9. The van der Waals surface area contributed by atoms with E-state index >= 15 is 0 Å². The number of carbonyl (C=O) groups is 3. The van der Waals surface area contributed by atoms with E-state index in [-0.39, 0.29) is 113 Å². The molecule has 21 nitrogen and oxygen atoms in total. The van der Waals surface area contributed by atoms with Gasteiger partial charge in [0.1, 0.15) is 110 Å². The highest BCUT2D eigenvalue weighted by Crippen LogP contribution is 2.38. The van der Waals surface area contributed by atoms with Gasteiger partial charge in [-0.2, -0.15) is 0 Å². The van der Waals surface area contributed by atoms with E-state index in [1.165, 1.54) is 0 Å². The second-order valence-corrected chi connectivity index (χ2v) is 30.2. The Morgan fingerprint density at radius 2 is 0.358 bits per heavy atom. The molecular formula is C102H96O21. The van der Waals surface area contributed by atoms with E-state index in [0.29, 0.717) is 0 Å². The molecule has 12 aromatic carbocycles. The lowest BCUT2D eigenvalue weighted by Gasteiger charge is -2.45. The van der Waals surface area contributed by atoms with E-state index < -0.39 is 110 Å². The van der Waals surface area contributed by atoms with Crippen LogP contribution >= 0.6 is 0 Å². The van der Waals surface area contributed by atoms with Crippen LogP contribution in [0.25, 0.3) is 0 Å². The van der Waals surface area contributed by atoms with Crippen LogP contribution in [0.1, 0.15) is 81.1 Å². The molecule has 12 aromatic rings. The SMILES string of the molecule is O=C1OC[C@H]2O[C@@H](Oc3ccc(cc3)C(=O)OC[C@H]3O[C@@H](Oc4ccc(cc4)C(=O)OC[C@H]4O[C@@H](Oc5ccc1cc5)[C@H](OCc1ccccc1)[C@@H](OCc1ccccc1)[C@@H]4OCc1ccccc1)[C@H](OCc1ccccc1)[C@@H](OCc1ccccc1)[C@@H]3OCc1ccccc1)[C@H](OCc1ccccc1)[C@@H](OCc1ccccc1)[C@@H]2OCc1ccccc1. The van der Waals surface area contributed by atoms with Crippen LogP contribution in [0.3, 0.4) is 0 Å². The summed E-state index contributed by atoms with van der Waals surface area (Å²) in [6.45, 7) is -0.0738. The predicted octanol–water partition coefficient (Wildman–Crippen LogP) is 17.2. The minimum absolute atomic E-state index is 0.107. The van der Waals surface area contributed by atoms with E-state index in [9.17, 15) is 14.4 Å². The molecule has 19 rings (SSSR count). The van der Waals surface area contributed by atoms with Gasteiger partial charge in [-0.05, 0) is 123 Å². The molecule has 21 heteroatoms. The lowest BCUT2D eigenvalue weighted by Crippen LogP contribution is -2.62. The van der Waals surface area contributed by atoms with E-state index in [1.807, 2.05) is 273 Å². The number of ether oxygens (including phenoxy) is 18. The highest BCUT2D eigenvalue weighted by molar-refractivity contribution is 5.90. The van der Waals surface area contributed by atoms with Crippen molar-refractivity contribution in [1.82, 2.24) is 0 Å². The van der Waals surface area contributed by atoms with E-state index in [0.717, 1.165) is 50.1 Å². The zero-order chi connectivity index (χ0) is 83.6. The summed E-state index contributed by atoms with van der Waals surface area (Å²) in [6, 6.07) is 107. The van der Waals surface area contributed by atoms with Crippen molar-refractivity contribution in [2.75, 3.05) is 19.8 Å². The topological polar surface area (TPSA) is 217 Å². The maximum Gasteiger partial charge on any atom is 0.338 e. The first-order chi connectivity index (χ1) is 60.7. The molecule has 123 heavy (non-hydrogen) atoms. The van der Waals surface area contributed by atoms with Crippen LogP contribution in [-0.4, -0.2) is 130 Å². The standard InChI is InChI=1S/C102H96O21/c103-97-79-46-54-83(55-47-79)119-101-95(113-65-77-42-24-8-25-43-77)92(110-62-74-36-18-5-19-37-74)90(108-60-72-32-14-3-15-33-72)87(122-101)69-117-99(105)81-50-56-84(57-51-81)120-102-96(114-66-78-44-26-9-27-45-78)93(111-63-75-38-20-6-21-39-75)89(107-59-71-30-12-2-13-31-71)86(123-102)68-116-98(104)80-48-52-82(53-49-80)118-100-94(112-64-76-40-22-7-23-41-76)91(109-61-73-34-16-4-17-35-73)88(85(121-100)67-115-97)106-58-70-28-10-1-11-29-70/h1-57,85-96,100-102H,58-69H2/t85-,86-,87-,88-,89-,90-,91+,92+,93+,94-,95-,96-,100-,101-,102-/m1/s1. The summed E-state index contributed by atoms with van der Waals surface area (Å²) in [5.41, 5.74) is 8.27. The molecule has 0 N–H and O–H groups in total. The summed E-state index contributed by atoms with van der Waals surface area (Å²) < 4.78 is 124. The Hall–Kier alpha value is -12.0. The van der Waals surface area contributed by atoms with Crippen molar-refractivity contribution in [3.05, 3.63) is 413 Å². The second-order valence-electron chi connectivity index (χ2n) is 30.2. The van der Waals surface area contributed by atoms with Crippen LogP contribution in [0.15, 0.2) is 346 Å². The van der Waals surface area contributed by atoms with Gasteiger partial charge in [0.05, 0.1) is 76.2 Å². The van der Waals surface area contributed by atoms with Gasteiger partial charge in [-0.1, -0.05) is 273 Å². The molecule has 0 unspecified atom stereocenters. The fraction of sp³-hybridized carbons (Fsp3) is 0.265. The molecule has 3 saturated heterocycles. The summed E-state index contributed by atoms with van der Waals surface area (Å²) in [4.78, 5) is 44.5. The first-order valence-corrected chi connectivity index (χ1v) is 41.4. The van der Waals surface area contributed by atoms with Gasteiger partial charge in [0.25, 0.3) is 0 Å². The highest BCUT2D eigenvalue weighted by atomic mass is 16.8. The van der Waals surface area contributed by atoms with E-state index in [4.69, 9.17) is 85.3 Å². The molecule has 0 spiro atoms. The van der Waals surface area contributed by atoms with Gasteiger partial charge in [-0.25, -0.2) is 14.4 Å². The first-order valence-electron chi connectivity index (χ1n) is 41.4. The molecular weight excluding hydrogens is 1560 g/mol. The third-order valence-corrected chi connectivity index (χ3v) is 21.5. The number of hydrogen-bond acceptors (Lipinski definition) is 21. The van der Waals surface area contributed by atoms with Gasteiger partial charge in [0.2, 0.25) is 18.9 Å². The Labute approximate surface area is 715 Å². The predicted molar refractivity (Wildman–Crippen MR) is 453 cm³/mol. The molecule has 0 aliphatic carbocycles. The third kappa shape index (κ3) is 23.4. The van der Waals surface area contributed by atoms with Crippen molar-refractivity contribution in [2.45, 2.75) is 152 Å². The first kappa shape index (κ1) is 84.6. The van der Waals surface area contributed by atoms with Gasteiger partial charge >= 0.3 is 17.9 Å². The smallest absolute Gasteiger partial charge is 0.338 e. The van der Waals surface area contributed by atoms with Crippen LogP contribution in [-0.2, 0) is 131 Å². The normalized spacial score (nSPS) is 23.7. The van der Waals surface area contributed by atoms with Crippen molar-refractivity contribution in [1.29, 1.82) is 0 Å². The average Bonchev–Trinajstić information content (AvgIpc) is 0.791. The number of hydrogen-bond donors (Lipinski definition) is 0. The summed E-state index contributed by atoms with van der Waals surface area (Å²) in [5.74, 6) is -1.28. The minimum Gasteiger partial charge on any atom is -0.462 e. The van der Waals surface area contributed by atoms with Gasteiger partial charge in [-0.15, -0.1) is 0 Å². The molecule has 0 radical (unpaired) electrons. The zero-order valence-electron chi connectivity index (χ0n) is 67.6. The number of carbonyl (C=O) groups excluding carboxylic acids is 3. The summed E-state index contributed by atoms with van der Waals surface area (Å²) >= 11 is 0. The Morgan fingerprint density at radius 3 is 0.537 bits per heavy atom. The van der Waals surface area contributed by atoms with Crippen molar-refractivity contribution >= 4 is 17.9 Å². The highest BCUT2D eigenvalue weighted by Gasteiger charge is 2.54. The van der Waals surface area contributed by atoms with Crippen LogP contribution < -0.4 is 14.2 Å². The Bertz CT molecular complexity index is 4660. The fourth-order valence-corrected chi connectivity index (χ4v) is 15.1. The van der Waals surface area contributed by atoms with Crippen LogP contribution in [0.2, 0.25) is 0 Å². The minimum atomic E-state index is -1.27. The zero-order valence-corrected chi connectivity index (χ0v) is 67.6. The molecule has 12 bridgehead atoms. The molecule has 0 saturated carbocycles. The second kappa shape index (κ2) is 43.1. The Morgan fingerprint density at radius 1 is 0.195 bits per heavy atom. The van der Waals surface area contributed by atoms with Gasteiger partial charge in [-0.3, -0.25) is 0 Å². The number of rotatable bonds is 27. The molecule has 15 atom stereocenters. The molecule has 7 aliphatic rings. The molecule has 7 aliphatic heterocycles. The molecule has 630 valence electrons. The molecule has 0 aromatic heterocycles. The van der Waals surface area contributed by atoms with Crippen LogP contribution in [0.4, 0.5) is 0 Å². The van der Waals surface area contributed by atoms with E-state index in [2.05, 4.69) is 0 Å². The number of benzene rings is 12. The number of esters is 3. The quantitative estimate of drug-likeness (QED) is 0.0345. The van der Waals surface area contributed by atoms with Gasteiger partial charge in [0, 0.05) is 0 Å². The van der Waals surface area contributed by atoms with Gasteiger partial charge < -0.3 is 85.3 Å². The Kier molecular flexibility index (Phi) is 29.7. The van der Waals surface area contributed by atoms with Crippen LogP contribution in [0, 0.1) is 0 Å². The fourth-order valence-electron chi connectivity index (χ4n) is 15.1. The van der Waals surface area contributed by atoms with Gasteiger partial charge in [0.15, 0.2) is 0 Å². The monoisotopic (exact) mass is 1660 g/mol. The lowest BCUT2D eigenvalue weighted by molar-refractivity contribution is -0.307. The van der Waals surface area contributed by atoms with Crippen molar-refractivity contribution in [3.63, 3.8) is 0 Å². The molecule has 7 heterocycles. The average molecular weight is 1660 g/mol. The lowest BCUT2D eigenvalue weighted by atomic mass is 9.97. The van der Waals surface area contributed by atoms with Crippen molar-refractivity contribution in [3.8, 4) is 17.2 Å². The maximum atomic E-state index is 14.8.